The molecule has 0 aliphatic carbocycles. The molecule has 1 saturated heterocycles. The van der Waals surface area contributed by atoms with E-state index in [-0.39, 0.29) is 18.0 Å². The minimum Gasteiger partial charge on any atom is -0.370 e. The summed E-state index contributed by atoms with van der Waals surface area (Å²) in [6.07, 6.45) is 2.44. The molecule has 1 aromatic heterocycles. The molecule has 33 heavy (non-hydrogen) atoms. The van der Waals surface area contributed by atoms with Gasteiger partial charge in [0.05, 0.1) is 21.8 Å². The van der Waals surface area contributed by atoms with Gasteiger partial charge in [-0.3, -0.25) is 4.68 Å². The van der Waals surface area contributed by atoms with Gasteiger partial charge in [0.1, 0.15) is 0 Å². The van der Waals surface area contributed by atoms with Gasteiger partial charge in [-0.15, -0.1) is 0 Å². The molecule has 0 saturated carbocycles. The lowest BCUT2D eigenvalue weighted by Crippen LogP contribution is -2.45. The van der Waals surface area contributed by atoms with Crippen LogP contribution in [0.3, 0.4) is 0 Å². The van der Waals surface area contributed by atoms with Crippen molar-refractivity contribution in [1.82, 2.24) is 20.0 Å². The maximum absolute atomic E-state index is 12.6. The van der Waals surface area contributed by atoms with Crippen molar-refractivity contribution >= 4 is 35.2 Å². The number of nitrogens with zero attached hydrogens (tertiary/aromatic N) is 4. The lowest BCUT2D eigenvalue weighted by Gasteiger charge is -2.32. The number of aliphatic imine (C=N–C) groups is 1. The number of nitrogens with two attached hydrogens (primary N) is 2. The Labute approximate surface area is 205 Å². The highest BCUT2D eigenvalue weighted by atomic mass is 35.5. The number of halogens is 2. The molecule has 5 N–H and O–H groups in total. The van der Waals surface area contributed by atoms with Crippen molar-refractivity contribution in [3.8, 4) is 11.3 Å². The number of amides is 2. The fourth-order valence-electron chi connectivity index (χ4n) is 4.25. The molecule has 1 aromatic carbocycles. The van der Waals surface area contributed by atoms with Gasteiger partial charge in [-0.1, -0.05) is 49.2 Å². The average molecular weight is 494 g/mol. The number of benzene rings is 1. The molecule has 0 radical (unpaired) electrons. The van der Waals surface area contributed by atoms with Crippen molar-refractivity contribution in [2.24, 2.45) is 29.4 Å². The predicted octanol–water partition coefficient (Wildman–Crippen LogP) is 3.97. The molecule has 10 heteroatoms. The molecule has 8 nitrogen and oxygen atoms in total. The highest BCUT2D eigenvalue weighted by Crippen LogP contribution is 2.35. The third-order valence-corrected chi connectivity index (χ3v) is 6.96. The molecule has 0 unspecified atom stereocenters. The number of nitrogens with one attached hydrogen (secondary N) is 1. The van der Waals surface area contributed by atoms with Gasteiger partial charge in [0.15, 0.2) is 5.96 Å². The molecule has 1 atom stereocenters. The number of carbonyl (C=O) groups is 1. The minimum atomic E-state index is -0.0444. The number of piperidine rings is 1. The van der Waals surface area contributed by atoms with Crippen LogP contribution in [0.5, 0.6) is 0 Å². The number of urea groups is 1. The molecule has 1 aliphatic rings. The topological polar surface area (TPSA) is 115 Å². The Hall–Kier alpha value is -2.45. The maximum atomic E-state index is 12.6. The number of aromatic nitrogens is 2. The number of carbonyl (C=O) groups excluding carboxylic acids is 1. The van der Waals surface area contributed by atoms with E-state index in [1.807, 2.05) is 28.8 Å². The zero-order valence-electron chi connectivity index (χ0n) is 19.4. The molecular weight excluding hydrogens is 461 g/mol. The van der Waals surface area contributed by atoms with Gasteiger partial charge in [0, 0.05) is 43.9 Å². The third kappa shape index (κ3) is 6.32. The molecule has 2 amide bonds. The fraction of sp³-hybridized carbons (Fsp3) is 0.522. The van der Waals surface area contributed by atoms with Crippen LogP contribution in [0.4, 0.5) is 4.79 Å². The van der Waals surface area contributed by atoms with Crippen LogP contribution in [0.15, 0.2) is 29.3 Å². The minimum absolute atomic E-state index is 0.00641. The summed E-state index contributed by atoms with van der Waals surface area (Å²) in [4.78, 5) is 18.7. The van der Waals surface area contributed by atoms with Crippen molar-refractivity contribution in [2.75, 3.05) is 19.6 Å². The zero-order chi connectivity index (χ0) is 24.1. The van der Waals surface area contributed by atoms with Crippen molar-refractivity contribution in [1.29, 1.82) is 0 Å². The summed E-state index contributed by atoms with van der Waals surface area (Å²) < 4.78 is 1.91. The molecule has 2 aromatic rings. The summed E-state index contributed by atoms with van der Waals surface area (Å²) >= 11 is 12.5. The first-order chi connectivity index (χ1) is 15.7. The first-order valence-electron chi connectivity index (χ1n) is 11.3. The van der Waals surface area contributed by atoms with Gasteiger partial charge in [0.25, 0.3) is 0 Å². The van der Waals surface area contributed by atoms with Crippen LogP contribution in [0.25, 0.3) is 11.3 Å². The van der Waals surface area contributed by atoms with Crippen LogP contribution in [0, 0.1) is 5.92 Å². The summed E-state index contributed by atoms with van der Waals surface area (Å²) in [6.45, 7) is 6.04. The standard InChI is InChI=1S/C23H33Cl2N7O/c1-14(2)18(29-22(26)27)7-10-28-23(33)32-11-8-15(9-12-32)20-13-19(30-31(20)3)16-5-4-6-17(24)21(16)25/h4-6,13-15,18H,7-12H2,1-3H3,(H,28,33)(H4,26,27,29)/t18-/m1/s1. The largest absolute Gasteiger partial charge is 0.370 e. The maximum Gasteiger partial charge on any atom is 0.317 e. The van der Waals surface area contributed by atoms with Crippen molar-refractivity contribution < 1.29 is 4.79 Å². The number of likely N-dealkylation sites (tertiary alicyclic amines) is 1. The highest BCUT2D eigenvalue weighted by Gasteiger charge is 2.26. The van der Waals surface area contributed by atoms with Gasteiger partial charge < -0.3 is 21.7 Å². The van der Waals surface area contributed by atoms with Crippen LogP contribution in [-0.2, 0) is 7.05 Å². The second-order valence-electron chi connectivity index (χ2n) is 8.83. The van der Waals surface area contributed by atoms with Gasteiger partial charge in [-0.2, -0.15) is 5.10 Å². The Bertz CT molecular complexity index is 993. The molecule has 0 bridgehead atoms. The van der Waals surface area contributed by atoms with E-state index < -0.39 is 0 Å². The van der Waals surface area contributed by atoms with Crippen LogP contribution < -0.4 is 16.8 Å². The summed E-state index contributed by atoms with van der Waals surface area (Å²) in [5.74, 6) is 0.703. The molecule has 3 rings (SSSR count). The molecular formula is C23H33Cl2N7O. The predicted molar refractivity (Wildman–Crippen MR) is 135 cm³/mol. The Balaban J connectivity index is 1.55. The van der Waals surface area contributed by atoms with Gasteiger partial charge in [0.2, 0.25) is 0 Å². The molecule has 1 fully saturated rings. The van der Waals surface area contributed by atoms with Gasteiger partial charge >= 0.3 is 6.03 Å². The van der Waals surface area contributed by atoms with Crippen molar-refractivity contribution in [3.05, 3.63) is 40.0 Å². The number of hydrogen-bond donors (Lipinski definition) is 3. The van der Waals surface area contributed by atoms with Crippen molar-refractivity contribution in [2.45, 2.75) is 45.1 Å². The monoisotopic (exact) mass is 493 g/mol. The number of rotatable bonds is 7. The normalized spacial score (nSPS) is 15.5. The fourth-order valence-corrected chi connectivity index (χ4v) is 4.65. The number of aryl methyl sites for hydroxylation is 1. The second-order valence-corrected chi connectivity index (χ2v) is 9.61. The van der Waals surface area contributed by atoms with Crippen LogP contribution in [-0.4, -0.2) is 52.3 Å². The Morgan fingerprint density at radius 2 is 1.97 bits per heavy atom. The first kappa shape index (κ1) is 25.2. The van der Waals surface area contributed by atoms with Crippen LogP contribution >= 0.6 is 23.2 Å². The van der Waals surface area contributed by atoms with E-state index in [0.717, 1.165) is 29.8 Å². The average Bonchev–Trinajstić information content (AvgIpc) is 3.15. The highest BCUT2D eigenvalue weighted by molar-refractivity contribution is 6.43. The lowest BCUT2D eigenvalue weighted by atomic mass is 9.93. The Kier molecular flexibility index (Phi) is 8.48. The third-order valence-electron chi connectivity index (χ3n) is 6.14. The Morgan fingerprint density at radius 1 is 1.27 bits per heavy atom. The summed E-state index contributed by atoms with van der Waals surface area (Å²) in [6, 6.07) is 7.58. The molecule has 1 aliphatic heterocycles. The smallest absolute Gasteiger partial charge is 0.317 e. The summed E-state index contributed by atoms with van der Waals surface area (Å²) in [5, 5.41) is 8.68. The Morgan fingerprint density at radius 3 is 2.61 bits per heavy atom. The second kappa shape index (κ2) is 11.1. The van der Waals surface area contributed by atoms with E-state index in [9.17, 15) is 4.79 Å². The van der Waals surface area contributed by atoms with E-state index in [2.05, 4.69) is 35.3 Å². The van der Waals surface area contributed by atoms with Crippen molar-refractivity contribution in [3.63, 3.8) is 0 Å². The lowest BCUT2D eigenvalue weighted by molar-refractivity contribution is 0.180. The molecule has 2 heterocycles. The van der Waals surface area contributed by atoms with Gasteiger partial charge in [-0.05, 0) is 37.3 Å². The van der Waals surface area contributed by atoms with E-state index in [1.165, 1.54) is 0 Å². The number of guanidine groups is 1. The van der Waals surface area contributed by atoms with E-state index >= 15 is 0 Å². The molecule has 0 spiro atoms. The van der Waals surface area contributed by atoms with Gasteiger partial charge in [-0.25, -0.2) is 9.79 Å². The van der Waals surface area contributed by atoms with Crippen LogP contribution in [0.2, 0.25) is 10.0 Å². The first-order valence-corrected chi connectivity index (χ1v) is 12.0. The van der Waals surface area contributed by atoms with E-state index in [0.29, 0.717) is 47.9 Å². The summed E-state index contributed by atoms with van der Waals surface area (Å²) in [7, 11) is 1.94. The summed E-state index contributed by atoms with van der Waals surface area (Å²) in [5.41, 5.74) is 13.8. The van der Waals surface area contributed by atoms with E-state index in [4.69, 9.17) is 34.7 Å². The van der Waals surface area contributed by atoms with Crippen LogP contribution in [0.1, 0.15) is 44.7 Å². The zero-order valence-corrected chi connectivity index (χ0v) is 20.9. The van der Waals surface area contributed by atoms with E-state index in [1.54, 1.807) is 6.07 Å². The SMILES string of the molecule is CC(C)[C@@H](CCNC(=O)N1CCC(c2cc(-c3cccc(Cl)c3Cl)nn2C)CC1)N=C(N)N. The quantitative estimate of drug-likeness (QED) is 0.399. The molecule has 180 valence electrons. The number of hydrogen-bond acceptors (Lipinski definition) is 3.